The molecule has 0 bridgehead atoms. The Kier molecular flexibility index (Phi) is 8.76. The van der Waals surface area contributed by atoms with E-state index in [2.05, 4.69) is 5.32 Å². The number of hydrogen-bond donors (Lipinski definition) is 1. The fraction of sp³-hybridized carbons (Fsp3) is 0.0938. The molecule has 0 atom stereocenters. The Hall–Kier alpha value is -4.89. The summed E-state index contributed by atoms with van der Waals surface area (Å²) in [5.41, 5.74) is 2.99. The van der Waals surface area contributed by atoms with Crippen molar-refractivity contribution in [3.8, 4) is 11.5 Å². The van der Waals surface area contributed by atoms with Crippen molar-refractivity contribution in [3.05, 3.63) is 125 Å². The molecule has 4 aromatic rings. The molecular formula is C32H26FN3O4S. The van der Waals surface area contributed by atoms with E-state index in [4.69, 9.17) is 14.5 Å². The minimum atomic E-state index is -0.378. The first kappa shape index (κ1) is 27.7. The SMILES string of the molecule is COc1ccc(CN2C(=O)/C(=C/c3ccc(OCC(=O)Nc4ccc(F)cc4)cc3)SC2=Nc2ccccc2)cc1. The highest BCUT2D eigenvalue weighted by molar-refractivity contribution is 8.18. The van der Waals surface area contributed by atoms with Gasteiger partial charge in [0.1, 0.15) is 17.3 Å². The minimum Gasteiger partial charge on any atom is -0.497 e. The van der Waals surface area contributed by atoms with E-state index in [1.54, 1.807) is 24.1 Å². The molecular weight excluding hydrogens is 541 g/mol. The first-order chi connectivity index (χ1) is 20.0. The van der Waals surface area contributed by atoms with Gasteiger partial charge >= 0.3 is 0 Å². The molecule has 9 heteroatoms. The Morgan fingerprint density at radius 2 is 1.61 bits per heavy atom. The zero-order chi connectivity index (χ0) is 28.6. The van der Waals surface area contributed by atoms with Crippen LogP contribution in [0.3, 0.4) is 0 Å². The lowest BCUT2D eigenvalue weighted by Crippen LogP contribution is -2.28. The molecule has 2 amide bonds. The maximum Gasteiger partial charge on any atom is 0.267 e. The van der Waals surface area contributed by atoms with Crippen LogP contribution in [0.4, 0.5) is 15.8 Å². The number of carbonyl (C=O) groups is 2. The van der Waals surface area contributed by atoms with Crippen molar-refractivity contribution >= 4 is 46.2 Å². The summed E-state index contributed by atoms with van der Waals surface area (Å²) in [7, 11) is 1.61. The molecule has 5 rings (SSSR count). The number of halogens is 1. The zero-order valence-corrected chi connectivity index (χ0v) is 22.9. The second kappa shape index (κ2) is 13.0. The molecule has 1 aliphatic rings. The maximum atomic E-state index is 13.5. The summed E-state index contributed by atoms with van der Waals surface area (Å²) >= 11 is 1.32. The van der Waals surface area contributed by atoms with Crippen molar-refractivity contribution in [3.63, 3.8) is 0 Å². The van der Waals surface area contributed by atoms with Crippen LogP contribution in [-0.4, -0.2) is 35.6 Å². The number of nitrogens with zero attached hydrogens (tertiary/aromatic N) is 2. The van der Waals surface area contributed by atoms with Crippen molar-refractivity contribution < 1.29 is 23.5 Å². The molecule has 1 heterocycles. The highest BCUT2D eigenvalue weighted by atomic mass is 32.2. The van der Waals surface area contributed by atoms with Crippen LogP contribution in [-0.2, 0) is 16.1 Å². The average molecular weight is 568 g/mol. The number of nitrogens with one attached hydrogen (secondary N) is 1. The maximum absolute atomic E-state index is 13.5. The first-order valence-electron chi connectivity index (χ1n) is 12.7. The number of amides is 2. The second-order valence-corrected chi connectivity index (χ2v) is 10.0. The Balaban J connectivity index is 1.27. The van der Waals surface area contributed by atoms with Gasteiger partial charge in [0, 0.05) is 5.69 Å². The van der Waals surface area contributed by atoms with Gasteiger partial charge in [-0.1, -0.05) is 42.5 Å². The van der Waals surface area contributed by atoms with E-state index in [1.165, 1.54) is 36.0 Å². The molecule has 1 saturated heterocycles. The minimum absolute atomic E-state index is 0.140. The standard InChI is InChI=1S/C32H26FN3O4S/c1-39-27-15-9-23(10-16-27)20-36-31(38)29(41-32(36)35-25-5-3-2-4-6-25)19-22-7-17-28(18-8-22)40-21-30(37)34-26-13-11-24(33)12-14-26/h2-19H,20-21H2,1H3,(H,34,37)/b29-19-,35-32?. The van der Waals surface area contributed by atoms with Crippen LogP contribution in [0.25, 0.3) is 6.08 Å². The molecule has 0 saturated carbocycles. The van der Waals surface area contributed by atoms with Crippen LogP contribution >= 0.6 is 11.8 Å². The van der Waals surface area contributed by atoms with Gasteiger partial charge in [0.15, 0.2) is 11.8 Å². The van der Waals surface area contributed by atoms with Gasteiger partial charge in [0.25, 0.3) is 11.8 Å². The summed E-state index contributed by atoms with van der Waals surface area (Å²) in [5, 5.41) is 3.24. The highest BCUT2D eigenvalue weighted by Gasteiger charge is 2.33. The summed E-state index contributed by atoms with van der Waals surface area (Å²) in [6, 6.07) is 29.7. The topological polar surface area (TPSA) is 80.2 Å². The lowest BCUT2D eigenvalue weighted by molar-refractivity contribution is -0.122. The molecule has 1 aliphatic heterocycles. The van der Waals surface area contributed by atoms with Gasteiger partial charge in [-0.2, -0.15) is 0 Å². The van der Waals surface area contributed by atoms with Gasteiger partial charge in [0.2, 0.25) is 0 Å². The third-order valence-electron chi connectivity index (χ3n) is 6.04. The number of rotatable bonds is 9. The van der Waals surface area contributed by atoms with E-state index in [0.717, 1.165) is 22.6 Å². The Bertz CT molecular complexity index is 1570. The number of para-hydroxylation sites is 1. The van der Waals surface area contributed by atoms with Crippen molar-refractivity contribution in [1.29, 1.82) is 0 Å². The van der Waals surface area contributed by atoms with E-state index in [0.29, 0.717) is 28.1 Å². The number of hydrogen-bond acceptors (Lipinski definition) is 6. The molecule has 1 fully saturated rings. The summed E-state index contributed by atoms with van der Waals surface area (Å²) in [6.45, 7) is 0.164. The van der Waals surface area contributed by atoms with Crippen LogP contribution in [0.5, 0.6) is 11.5 Å². The fourth-order valence-corrected chi connectivity index (χ4v) is 4.95. The summed E-state index contributed by atoms with van der Waals surface area (Å²) in [5.74, 6) is 0.364. The van der Waals surface area contributed by atoms with Crippen molar-refractivity contribution in [2.45, 2.75) is 6.54 Å². The van der Waals surface area contributed by atoms with Crippen LogP contribution < -0.4 is 14.8 Å². The first-order valence-corrected chi connectivity index (χ1v) is 13.5. The molecule has 1 N–H and O–H groups in total. The largest absolute Gasteiger partial charge is 0.497 e. The normalized spacial score (nSPS) is 14.9. The molecule has 0 unspecified atom stereocenters. The number of carbonyl (C=O) groups excluding carboxylic acids is 2. The molecule has 0 aliphatic carbocycles. The van der Waals surface area contributed by atoms with Crippen LogP contribution in [0.1, 0.15) is 11.1 Å². The third-order valence-corrected chi connectivity index (χ3v) is 7.05. The van der Waals surface area contributed by atoms with E-state index < -0.39 is 0 Å². The Labute approximate surface area is 241 Å². The molecule has 7 nitrogen and oxygen atoms in total. The highest BCUT2D eigenvalue weighted by Crippen LogP contribution is 2.35. The lowest BCUT2D eigenvalue weighted by Gasteiger charge is -2.16. The van der Waals surface area contributed by atoms with E-state index in [1.807, 2.05) is 72.8 Å². The molecule has 0 radical (unpaired) electrons. The predicted molar refractivity (Wildman–Crippen MR) is 160 cm³/mol. The number of amidine groups is 1. The average Bonchev–Trinajstić information content (AvgIpc) is 3.27. The molecule has 206 valence electrons. The number of methoxy groups -OCH3 is 1. The van der Waals surface area contributed by atoms with Crippen LogP contribution in [0.2, 0.25) is 0 Å². The van der Waals surface area contributed by atoms with Crippen LogP contribution in [0.15, 0.2) is 113 Å². The number of anilines is 1. The van der Waals surface area contributed by atoms with Gasteiger partial charge in [-0.05, 0) is 89.6 Å². The van der Waals surface area contributed by atoms with Crippen molar-refractivity contribution in [1.82, 2.24) is 4.90 Å². The van der Waals surface area contributed by atoms with Gasteiger partial charge in [-0.25, -0.2) is 9.38 Å². The quantitative estimate of drug-likeness (QED) is 0.229. The second-order valence-electron chi connectivity index (χ2n) is 8.99. The zero-order valence-electron chi connectivity index (χ0n) is 22.1. The monoisotopic (exact) mass is 567 g/mol. The van der Waals surface area contributed by atoms with Gasteiger partial charge < -0.3 is 14.8 Å². The summed E-state index contributed by atoms with van der Waals surface area (Å²) in [6.07, 6.45) is 1.81. The third kappa shape index (κ3) is 7.40. The number of ether oxygens (including phenoxy) is 2. The molecule has 4 aromatic carbocycles. The van der Waals surface area contributed by atoms with Gasteiger partial charge in [-0.15, -0.1) is 0 Å². The molecule has 0 spiro atoms. The fourth-order valence-electron chi connectivity index (χ4n) is 3.95. The van der Waals surface area contributed by atoms with Crippen LogP contribution in [0, 0.1) is 5.82 Å². The number of benzene rings is 4. The number of thioether (sulfide) groups is 1. The van der Waals surface area contributed by atoms with Crippen molar-refractivity contribution in [2.75, 3.05) is 19.0 Å². The van der Waals surface area contributed by atoms with E-state index in [9.17, 15) is 14.0 Å². The Morgan fingerprint density at radius 1 is 0.927 bits per heavy atom. The molecule has 41 heavy (non-hydrogen) atoms. The van der Waals surface area contributed by atoms with E-state index >= 15 is 0 Å². The van der Waals surface area contributed by atoms with Gasteiger partial charge in [-0.3, -0.25) is 14.5 Å². The Morgan fingerprint density at radius 3 is 2.29 bits per heavy atom. The smallest absolute Gasteiger partial charge is 0.267 e. The van der Waals surface area contributed by atoms with E-state index in [-0.39, 0.29) is 24.2 Å². The lowest BCUT2D eigenvalue weighted by atomic mass is 10.2. The summed E-state index contributed by atoms with van der Waals surface area (Å²) in [4.78, 5) is 32.6. The summed E-state index contributed by atoms with van der Waals surface area (Å²) < 4.78 is 23.9. The predicted octanol–water partition coefficient (Wildman–Crippen LogP) is 6.66. The number of aliphatic imine (C=N–C) groups is 1. The van der Waals surface area contributed by atoms with Gasteiger partial charge in [0.05, 0.1) is 24.2 Å². The van der Waals surface area contributed by atoms with Crippen molar-refractivity contribution in [2.24, 2.45) is 4.99 Å². The molecule has 0 aromatic heterocycles.